The number of carbonyl (C=O) groups is 3. The third kappa shape index (κ3) is 5.88. The molecule has 0 aliphatic carbocycles. The minimum atomic E-state index is -3.13. The van der Waals surface area contributed by atoms with Crippen LogP contribution in [-0.4, -0.2) is 73.9 Å². The van der Waals surface area contributed by atoms with Crippen molar-refractivity contribution in [1.82, 2.24) is 29.3 Å². The standard InChI is InChI=1S/C27H26ClF2N7O5/c1-27(25(40)41-2)6-10-35(11-7-27)21(38)15-36-14-19(33-24(39)18-13-32-37-9-3-8-31-23(18)37)22(34-36)17-12-16(28)4-5-20(17)42-26(29)30/h3-5,8-9,12-14,26H,6-7,10-11,15H2,1-2H3,(H,33,39). The zero-order valence-corrected chi connectivity index (χ0v) is 23.3. The highest BCUT2D eigenvalue weighted by atomic mass is 35.5. The first-order valence-corrected chi connectivity index (χ1v) is 13.2. The third-order valence-corrected chi connectivity index (χ3v) is 7.38. The average molecular weight is 602 g/mol. The molecule has 1 aliphatic heterocycles. The molecule has 1 fully saturated rings. The van der Waals surface area contributed by atoms with Crippen molar-refractivity contribution in [1.29, 1.82) is 0 Å². The lowest BCUT2D eigenvalue weighted by Crippen LogP contribution is -2.46. The maximum absolute atomic E-state index is 13.3. The van der Waals surface area contributed by atoms with Gasteiger partial charge in [0.1, 0.15) is 23.6 Å². The van der Waals surface area contributed by atoms with Gasteiger partial charge in [0, 0.05) is 42.3 Å². The molecule has 4 aromatic rings. The molecular weight excluding hydrogens is 576 g/mol. The van der Waals surface area contributed by atoms with E-state index in [1.165, 1.54) is 53.1 Å². The lowest BCUT2D eigenvalue weighted by Gasteiger charge is -2.37. The Morgan fingerprint density at radius 1 is 1.21 bits per heavy atom. The highest BCUT2D eigenvalue weighted by molar-refractivity contribution is 6.31. The van der Waals surface area contributed by atoms with Gasteiger partial charge in [0.25, 0.3) is 5.91 Å². The monoisotopic (exact) mass is 601 g/mol. The Kier molecular flexibility index (Phi) is 8.07. The van der Waals surface area contributed by atoms with Gasteiger partial charge in [0.05, 0.1) is 24.4 Å². The lowest BCUT2D eigenvalue weighted by molar-refractivity contribution is -0.156. The van der Waals surface area contributed by atoms with Gasteiger partial charge >= 0.3 is 12.6 Å². The number of carbonyl (C=O) groups excluding carboxylic acids is 3. The van der Waals surface area contributed by atoms with Crippen LogP contribution in [0.1, 0.15) is 30.1 Å². The van der Waals surface area contributed by atoms with Crippen LogP contribution < -0.4 is 10.1 Å². The average Bonchev–Trinajstić information content (AvgIpc) is 3.57. The van der Waals surface area contributed by atoms with Gasteiger partial charge < -0.3 is 19.7 Å². The number of methoxy groups -OCH3 is 1. The first kappa shape index (κ1) is 28.9. The molecule has 1 aromatic carbocycles. The van der Waals surface area contributed by atoms with E-state index in [0.29, 0.717) is 31.6 Å². The second kappa shape index (κ2) is 11.7. The van der Waals surface area contributed by atoms with Gasteiger partial charge in [-0.15, -0.1) is 0 Å². The number of esters is 1. The highest BCUT2D eigenvalue weighted by Crippen LogP contribution is 2.37. The fraction of sp³-hybridized carbons (Fsp3) is 0.333. The quantitative estimate of drug-likeness (QED) is 0.301. The molecule has 1 saturated heterocycles. The second-order valence-electron chi connectivity index (χ2n) is 9.94. The van der Waals surface area contributed by atoms with Crippen molar-refractivity contribution in [3.8, 4) is 17.0 Å². The molecule has 15 heteroatoms. The second-order valence-corrected chi connectivity index (χ2v) is 10.4. The summed E-state index contributed by atoms with van der Waals surface area (Å²) >= 11 is 6.18. The Morgan fingerprint density at radius 3 is 2.69 bits per heavy atom. The van der Waals surface area contributed by atoms with Crippen molar-refractivity contribution in [2.24, 2.45) is 5.41 Å². The van der Waals surface area contributed by atoms with Crippen LogP contribution in [0, 0.1) is 5.41 Å². The van der Waals surface area contributed by atoms with E-state index in [-0.39, 0.29) is 51.7 Å². The van der Waals surface area contributed by atoms with Crippen LogP contribution in [0.25, 0.3) is 16.9 Å². The van der Waals surface area contributed by atoms with Gasteiger partial charge in [-0.05, 0) is 44.0 Å². The summed E-state index contributed by atoms with van der Waals surface area (Å²) in [5.41, 5.74) is 0.0175. The van der Waals surface area contributed by atoms with E-state index < -0.39 is 17.9 Å². The Bertz CT molecular complexity index is 1650. The SMILES string of the molecule is COC(=O)C1(C)CCN(C(=O)Cn2cc(NC(=O)c3cnn4cccnc34)c(-c3cc(Cl)ccc3OC(F)F)n2)CC1. The van der Waals surface area contributed by atoms with Crippen molar-refractivity contribution >= 4 is 40.7 Å². The molecule has 0 saturated carbocycles. The smallest absolute Gasteiger partial charge is 0.387 e. The van der Waals surface area contributed by atoms with E-state index >= 15 is 0 Å². The molecule has 1 aliphatic rings. The number of ether oxygens (including phenoxy) is 2. The topological polar surface area (TPSA) is 133 Å². The van der Waals surface area contributed by atoms with Crippen LogP contribution >= 0.6 is 11.6 Å². The fourth-order valence-corrected chi connectivity index (χ4v) is 4.97. The minimum absolute atomic E-state index is 0.0515. The molecule has 5 rings (SSSR count). The number of rotatable bonds is 8. The molecule has 3 aromatic heterocycles. The lowest BCUT2D eigenvalue weighted by atomic mass is 9.80. The predicted molar refractivity (Wildman–Crippen MR) is 146 cm³/mol. The number of hydrogen-bond donors (Lipinski definition) is 1. The number of anilines is 1. The van der Waals surface area contributed by atoms with Crippen LogP contribution in [0.4, 0.5) is 14.5 Å². The molecule has 0 radical (unpaired) electrons. The van der Waals surface area contributed by atoms with E-state index in [0.717, 1.165) is 0 Å². The summed E-state index contributed by atoms with van der Waals surface area (Å²) in [6, 6.07) is 5.67. The maximum atomic E-state index is 13.3. The van der Waals surface area contributed by atoms with Crippen molar-refractivity contribution in [3.63, 3.8) is 0 Å². The molecule has 12 nitrogen and oxygen atoms in total. The summed E-state index contributed by atoms with van der Waals surface area (Å²) in [4.78, 5) is 44.4. The number of likely N-dealkylation sites (tertiary alicyclic amines) is 1. The van der Waals surface area contributed by atoms with E-state index in [4.69, 9.17) is 16.3 Å². The van der Waals surface area contributed by atoms with Gasteiger partial charge in [0.15, 0.2) is 5.65 Å². The molecule has 0 unspecified atom stereocenters. The van der Waals surface area contributed by atoms with Crippen molar-refractivity contribution < 1.29 is 32.6 Å². The molecule has 0 atom stereocenters. The largest absolute Gasteiger partial charge is 0.469 e. The number of nitrogens with one attached hydrogen (secondary N) is 1. The number of alkyl halides is 2. The maximum Gasteiger partial charge on any atom is 0.387 e. The normalized spacial score (nSPS) is 14.7. The number of fused-ring (bicyclic) bond motifs is 1. The van der Waals surface area contributed by atoms with Gasteiger partial charge in [0.2, 0.25) is 5.91 Å². The van der Waals surface area contributed by atoms with Crippen LogP contribution in [0.3, 0.4) is 0 Å². The number of halogens is 3. The molecule has 2 amide bonds. The van der Waals surface area contributed by atoms with E-state index in [1.54, 1.807) is 24.1 Å². The van der Waals surface area contributed by atoms with Gasteiger partial charge in [-0.1, -0.05) is 11.6 Å². The Balaban J connectivity index is 1.45. The molecule has 0 bridgehead atoms. The highest BCUT2D eigenvalue weighted by Gasteiger charge is 2.39. The number of piperidine rings is 1. The first-order chi connectivity index (χ1) is 20.1. The summed E-state index contributed by atoms with van der Waals surface area (Å²) in [7, 11) is 1.33. The predicted octanol–water partition coefficient (Wildman–Crippen LogP) is 3.90. The number of amides is 2. The Morgan fingerprint density at radius 2 is 1.98 bits per heavy atom. The Hall–Kier alpha value is -4.59. The molecule has 0 spiro atoms. The number of hydrogen-bond acceptors (Lipinski definition) is 8. The van der Waals surface area contributed by atoms with E-state index in [2.05, 4.69) is 25.2 Å². The summed E-state index contributed by atoms with van der Waals surface area (Å²) in [5, 5.41) is 11.5. The first-order valence-electron chi connectivity index (χ1n) is 12.9. The molecule has 1 N–H and O–H groups in total. The minimum Gasteiger partial charge on any atom is -0.469 e. The van der Waals surface area contributed by atoms with Crippen molar-refractivity contribution in [2.75, 3.05) is 25.5 Å². The van der Waals surface area contributed by atoms with Gasteiger partial charge in [-0.2, -0.15) is 19.0 Å². The fourth-order valence-electron chi connectivity index (χ4n) is 4.79. The van der Waals surface area contributed by atoms with Gasteiger partial charge in [-0.25, -0.2) is 9.50 Å². The Labute approximate surface area is 243 Å². The summed E-state index contributed by atoms with van der Waals surface area (Å²) in [5.74, 6) is -1.42. The summed E-state index contributed by atoms with van der Waals surface area (Å²) < 4.78 is 38.8. The number of nitrogens with zero attached hydrogens (tertiary/aromatic N) is 6. The zero-order chi connectivity index (χ0) is 30.0. The number of aromatic nitrogens is 5. The van der Waals surface area contributed by atoms with E-state index in [9.17, 15) is 23.2 Å². The summed E-state index contributed by atoms with van der Waals surface area (Å²) in [6.07, 6.45) is 6.76. The molecule has 220 valence electrons. The summed E-state index contributed by atoms with van der Waals surface area (Å²) in [6.45, 7) is -0.873. The van der Waals surface area contributed by atoms with Crippen LogP contribution in [-0.2, 0) is 20.9 Å². The van der Waals surface area contributed by atoms with Crippen molar-refractivity contribution in [2.45, 2.75) is 32.9 Å². The molecule has 42 heavy (non-hydrogen) atoms. The molecule has 4 heterocycles. The van der Waals surface area contributed by atoms with E-state index in [1.807, 2.05) is 0 Å². The third-order valence-electron chi connectivity index (χ3n) is 7.14. The van der Waals surface area contributed by atoms with Crippen molar-refractivity contribution in [3.05, 3.63) is 59.6 Å². The zero-order valence-electron chi connectivity index (χ0n) is 22.6. The van der Waals surface area contributed by atoms with Gasteiger partial charge in [-0.3, -0.25) is 19.1 Å². The van der Waals surface area contributed by atoms with Crippen LogP contribution in [0.2, 0.25) is 5.02 Å². The number of benzene rings is 1. The molecular formula is C27H26ClF2N7O5. The van der Waals surface area contributed by atoms with Crippen LogP contribution in [0.5, 0.6) is 5.75 Å². The van der Waals surface area contributed by atoms with Crippen LogP contribution in [0.15, 0.2) is 49.1 Å².